The summed E-state index contributed by atoms with van der Waals surface area (Å²) in [5.74, 6) is 0.600. The zero-order valence-electron chi connectivity index (χ0n) is 16.3. The summed E-state index contributed by atoms with van der Waals surface area (Å²) in [4.78, 5) is 28.6. The molecule has 28 heavy (non-hydrogen) atoms. The number of ether oxygens (including phenoxy) is 3. The van der Waals surface area contributed by atoms with Gasteiger partial charge in [-0.2, -0.15) is 0 Å². The molecular formula is C20H25N3O5. The molecule has 0 fully saturated rings. The summed E-state index contributed by atoms with van der Waals surface area (Å²) in [5, 5.41) is 5.57. The normalized spacial score (nSPS) is 10.2. The van der Waals surface area contributed by atoms with Crippen LogP contribution in [0.4, 0.5) is 0 Å². The van der Waals surface area contributed by atoms with Crippen molar-refractivity contribution >= 4 is 11.8 Å². The second-order valence-corrected chi connectivity index (χ2v) is 5.94. The Labute approximate surface area is 164 Å². The lowest BCUT2D eigenvalue weighted by Crippen LogP contribution is -2.27. The van der Waals surface area contributed by atoms with E-state index in [1.54, 1.807) is 33.5 Å². The molecule has 2 rings (SSSR count). The third kappa shape index (κ3) is 5.95. The van der Waals surface area contributed by atoms with Crippen LogP contribution in [0.25, 0.3) is 0 Å². The lowest BCUT2D eigenvalue weighted by Gasteiger charge is -2.11. The van der Waals surface area contributed by atoms with Crippen LogP contribution in [0.1, 0.15) is 32.7 Å². The number of aromatic nitrogens is 1. The molecule has 8 nitrogen and oxygen atoms in total. The predicted molar refractivity (Wildman–Crippen MR) is 104 cm³/mol. The van der Waals surface area contributed by atoms with E-state index < -0.39 is 0 Å². The van der Waals surface area contributed by atoms with Crippen LogP contribution in [0.3, 0.4) is 0 Å². The van der Waals surface area contributed by atoms with Crippen molar-refractivity contribution in [2.75, 3.05) is 34.5 Å². The minimum Gasteiger partial charge on any atom is -0.493 e. The molecule has 150 valence electrons. The number of hydrogen-bond acceptors (Lipinski definition) is 6. The highest BCUT2D eigenvalue weighted by Crippen LogP contribution is 2.27. The van der Waals surface area contributed by atoms with Gasteiger partial charge in [-0.05, 0) is 30.2 Å². The van der Waals surface area contributed by atoms with Crippen molar-refractivity contribution in [1.82, 2.24) is 15.6 Å². The zero-order chi connectivity index (χ0) is 20.4. The van der Waals surface area contributed by atoms with Crippen molar-refractivity contribution in [3.8, 4) is 11.5 Å². The molecule has 0 saturated heterocycles. The maximum atomic E-state index is 12.4. The predicted octanol–water partition coefficient (Wildman–Crippen LogP) is 1.80. The van der Waals surface area contributed by atoms with E-state index in [-0.39, 0.29) is 11.8 Å². The number of pyridine rings is 1. The summed E-state index contributed by atoms with van der Waals surface area (Å²) < 4.78 is 15.4. The standard InChI is InChI=1S/C20H25N3O5/c1-26-8-4-7-22-19(24)15-10-16(13-21-12-15)20(25)23-11-14-5-6-17(27-2)18(9-14)28-3/h5-6,9-10,12-13H,4,7-8,11H2,1-3H3,(H,22,24)(H,23,25). The first-order valence-electron chi connectivity index (χ1n) is 8.80. The molecule has 0 bridgehead atoms. The van der Waals surface area contributed by atoms with Gasteiger partial charge in [0, 0.05) is 39.2 Å². The molecule has 0 unspecified atom stereocenters. The number of amides is 2. The molecule has 8 heteroatoms. The highest BCUT2D eigenvalue weighted by molar-refractivity contribution is 5.99. The largest absolute Gasteiger partial charge is 0.493 e. The first-order valence-corrected chi connectivity index (χ1v) is 8.80. The quantitative estimate of drug-likeness (QED) is 0.603. The Morgan fingerprint density at radius 1 is 0.929 bits per heavy atom. The van der Waals surface area contributed by atoms with Crippen molar-refractivity contribution in [2.45, 2.75) is 13.0 Å². The Morgan fingerprint density at radius 3 is 2.25 bits per heavy atom. The van der Waals surface area contributed by atoms with E-state index in [2.05, 4.69) is 15.6 Å². The Morgan fingerprint density at radius 2 is 1.61 bits per heavy atom. The monoisotopic (exact) mass is 387 g/mol. The molecule has 0 saturated carbocycles. The van der Waals surface area contributed by atoms with Gasteiger partial charge in [-0.1, -0.05) is 6.07 Å². The first-order chi connectivity index (χ1) is 13.6. The van der Waals surface area contributed by atoms with E-state index in [9.17, 15) is 9.59 Å². The van der Waals surface area contributed by atoms with Gasteiger partial charge >= 0.3 is 0 Å². The van der Waals surface area contributed by atoms with Gasteiger partial charge in [-0.15, -0.1) is 0 Å². The van der Waals surface area contributed by atoms with Crippen molar-refractivity contribution in [3.05, 3.63) is 53.3 Å². The third-order valence-corrected chi connectivity index (χ3v) is 3.97. The van der Waals surface area contributed by atoms with Crippen molar-refractivity contribution < 1.29 is 23.8 Å². The Hall–Kier alpha value is -3.13. The van der Waals surface area contributed by atoms with Gasteiger partial charge in [-0.3, -0.25) is 14.6 Å². The fourth-order valence-electron chi connectivity index (χ4n) is 2.48. The lowest BCUT2D eigenvalue weighted by atomic mass is 10.1. The molecule has 2 aromatic rings. The van der Waals surface area contributed by atoms with Gasteiger partial charge in [-0.25, -0.2) is 0 Å². The molecule has 0 radical (unpaired) electrons. The molecule has 0 aliphatic heterocycles. The topological polar surface area (TPSA) is 98.8 Å². The maximum Gasteiger partial charge on any atom is 0.253 e. The Bertz CT molecular complexity index is 810. The number of nitrogens with one attached hydrogen (secondary N) is 2. The van der Waals surface area contributed by atoms with Crippen LogP contribution in [-0.4, -0.2) is 51.3 Å². The minimum absolute atomic E-state index is 0.279. The van der Waals surface area contributed by atoms with Crippen LogP contribution >= 0.6 is 0 Å². The second-order valence-electron chi connectivity index (χ2n) is 5.94. The summed E-state index contributed by atoms with van der Waals surface area (Å²) >= 11 is 0. The highest BCUT2D eigenvalue weighted by atomic mass is 16.5. The average Bonchev–Trinajstić information content (AvgIpc) is 2.74. The van der Waals surface area contributed by atoms with Gasteiger partial charge in [0.1, 0.15) is 0 Å². The van der Waals surface area contributed by atoms with E-state index >= 15 is 0 Å². The summed E-state index contributed by atoms with van der Waals surface area (Å²) in [6, 6.07) is 6.92. The van der Waals surface area contributed by atoms with E-state index in [0.29, 0.717) is 48.7 Å². The molecule has 1 heterocycles. The van der Waals surface area contributed by atoms with Gasteiger partial charge in [0.15, 0.2) is 11.5 Å². The zero-order valence-corrected chi connectivity index (χ0v) is 16.3. The van der Waals surface area contributed by atoms with Crippen LogP contribution < -0.4 is 20.1 Å². The molecule has 2 N–H and O–H groups in total. The van der Waals surface area contributed by atoms with Gasteiger partial charge in [0.05, 0.1) is 25.3 Å². The number of rotatable bonds is 10. The van der Waals surface area contributed by atoms with Gasteiger partial charge in [0.25, 0.3) is 11.8 Å². The van der Waals surface area contributed by atoms with Crippen LogP contribution in [0.5, 0.6) is 11.5 Å². The SMILES string of the molecule is COCCCNC(=O)c1cncc(C(=O)NCc2ccc(OC)c(OC)c2)c1. The molecule has 1 aromatic carbocycles. The minimum atomic E-state index is -0.323. The molecule has 1 aromatic heterocycles. The van der Waals surface area contributed by atoms with E-state index in [1.807, 2.05) is 6.07 Å². The maximum absolute atomic E-state index is 12.4. The summed E-state index contributed by atoms with van der Waals surface area (Å²) in [7, 11) is 4.72. The molecule has 2 amide bonds. The van der Waals surface area contributed by atoms with Crippen LogP contribution in [0.15, 0.2) is 36.7 Å². The average molecular weight is 387 g/mol. The van der Waals surface area contributed by atoms with Crippen LogP contribution in [0, 0.1) is 0 Å². The molecular weight excluding hydrogens is 362 g/mol. The van der Waals surface area contributed by atoms with Crippen LogP contribution in [-0.2, 0) is 11.3 Å². The first kappa shape index (κ1) is 21.2. The highest BCUT2D eigenvalue weighted by Gasteiger charge is 2.12. The molecule has 0 aliphatic rings. The Balaban J connectivity index is 1.96. The van der Waals surface area contributed by atoms with E-state index in [4.69, 9.17) is 14.2 Å². The summed E-state index contributed by atoms with van der Waals surface area (Å²) in [6.45, 7) is 1.35. The second kappa shape index (κ2) is 10.9. The van der Waals surface area contributed by atoms with Gasteiger partial charge < -0.3 is 24.8 Å². The number of methoxy groups -OCH3 is 3. The van der Waals surface area contributed by atoms with E-state index in [1.165, 1.54) is 18.5 Å². The number of carbonyl (C=O) groups excluding carboxylic acids is 2. The summed E-state index contributed by atoms with van der Waals surface area (Å²) in [5.41, 5.74) is 1.49. The molecule has 0 atom stereocenters. The molecule has 0 aliphatic carbocycles. The van der Waals surface area contributed by atoms with E-state index in [0.717, 1.165) is 5.56 Å². The molecule has 0 spiro atoms. The summed E-state index contributed by atoms with van der Waals surface area (Å²) in [6.07, 6.45) is 3.56. The van der Waals surface area contributed by atoms with Gasteiger partial charge in [0.2, 0.25) is 0 Å². The number of carbonyl (C=O) groups is 2. The van der Waals surface area contributed by atoms with Crippen LogP contribution in [0.2, 0.25) is 0 Å². The fraction of sp³-hybridized carbons (Fsp3) is 0.350. The Kier molecular flexibility index (Phi) is 8.23. The number of hydrogen-bond donors (Lipinski definition) is 2. The smallest absolute Gasteiger partial charge is 0.253 e. The van der Waals surface area contributed by atoms with Crippen molar-refractivity contribution in [3.63, 3.8) is 0 Å². The number of nitrogens with zero attached hydrogens (tertiary/aromatic N) is 1. The number of benzene rings is 1. The lowest BCUT2D eigenvalue weighted by molar-refractivity contribution is 0.0948. The third-order valence-electron chi connectivity index (χ3n) is 3.97. The van der Waals surface area contributed by atoms with Crippen molar-refractivity contribution in [1.29, 1.82) is 0 Å². The van der Waals surface area contributed by atoms with Crippen molar-refractivity contribution in [2.24, 2.45) is 0 Å². The fourth-order valence-corrected chi connectivity index (χ4v) is 2.48.